The highest BCUT2D eigenvalue weighted by atomic mass is 16.5. The molecule has 7 rings (SSSR count). The average molecular weight is 678 g/mol. The van der Waals surface area contributed by atoms with E-state index in [0.717, 1.165) is 42.9 Å². The zero-order valence-electron chi connectivity index (χ0n) is 27.3. The van der Waals surface area contributed by atoms with Crippen LogP contribution in [0.3, 0.4) is 0 Å². The molecule has 1 unspecified atom stereocenters. The van der Waals surface area contributed by atoms with Gasteiger partial charge in [-0.2, -0.15) is 5.10 Å². The van der Waals surface area contributed by atoms with Crippen molar-refractivity contribution in [2.24, 2.45) is 4.99 Å². The minimum atomic E-state index is -0.983. The van der Waals surface area contributed by atoms with E-state index in [4.69, 9.17) is 15.5 Å². The summed E-state index contributed by atoms with van der Waals surface area (Å²) in [6.45, 7) is 2.44. The third kappa shape index (κ3) is 6.30. The molecule has 0 spiro atoms. The van der Waals surface area contributed by atoms with Crippen LogP contribution in [-0.2, 0) is 16.0 Å². The fourth-order valence-electron chi connectivity index (χ4n) is 6.61. The lowest BCUT2D eigenvalue weighted by Crippen LogP contribution is -2.54. The van der Waals surface area contributed by atoms with Gasteiger partial charge in [0.1, 0.15) is 17.4 Å². The quantitative estimate of drug-likeness (QED) is 0.134. The molecule has 0 aliphatic carbocycles. The molecule has 3 aliphatic heterocycles. The number of aliphatic imine (C=N–C) groups is 1. The van der Waals surface area contributed by atoms with Crippen molar-refractivity contribution in [1.82, 2.24) is 29.7 Å². The smallest absolute Gasteiger partial charge is 0.262 e. The summed E-state index contributed by atoms with van der Waals surface area (Å²) in [6.07, 6.45) is 9.08. The number of fused-ring (bicyclic) bond motifs is 2. The third-order valence-corrected chi connectivity index (χ3v) is 9.38. The normalized spacial score (nSPS) is 18.6. The molecule has 15 heteroatoms. The van der Waals surface area contributed by atoms with Crippen molar-refractivity contribution in [1.29, 1.82) is 0 Å². The second-order valence-electron chi connectivity index (χ2n) is 12.5. The van der Waals surface area contributed by atoms with Gasteiger partial charge in [-0.25, -0.2) is 9.50 Å². The SMILES string of the molecule is COc1cc(N)c(C=NC2CCN(CCc3ccc4c(c3)C(=O)N(C3CCC(=O)NC3=O)C4=O)CC2)cc1NC(=O)c1cnn2cccnc12. The number of ether oxygens (including phenoxy) is 1. The summed E-state index contributed by atoms with van der Waals surface area (Å²) in [4.78, 5) is 75.6. The van der Waals surface area contributed by atoms with E-state index in [0.29, 0.717) is 45.9 Å². The number of nitrogen functional groups attached to an aromatic ring is 1. The van der Waals surface area contributed by atoms with E-state index >= 15 is 0 Å². The maximum absolute atomic E-state index is 13.2. The summed E-state index contributed by atoms with van der Waals surface area (Å²) in [5.41, 5.74) is 10.1. The Hall–Kier alpha value is -5.96. The highest BCUT2D eigenvalue weighted by Gasteiger charge is 2.44. The lowest BCUT2D eigenvalue weighted by molar-refractivity contribution is -0.136. The molecule has 2 saturated heterocycles. The molecule has 0 radical (unpaired) electrons. The molecule has 50 heavy (non-hydrogen) atoms. The first-order valence-corrected chi connectivity index (χ1v) is 16.4. The highest BCUT2D eigenvalue weighted by molar-refractivity contribution is 6.23. The molecule has 2 aromatic carbocycles. The first-order valence-electron chi connectivity index (χ1n) is 16.4. The van der Waals surface area contributed by atoms with Crippen LogP contribution >= 0.6 is 0 Å². The van der Waals surface area contributed by atoms with Crippen molar-refractivity contribution < 1.29 is 28.7 Å². The second kappa shape index (κ2) is 13.5. The van der Waals surface area contributed by atoms with Gasteiger partial charge in [-0.3, -0.25) is 39.2 Å². The molecule has 5 heterocycles. The van der Waals surface area contributed by atoms with E-state index in [1.165, 1.54) is 17.8 Å². The van der Waals surface area contributed by atoms with Gasteiger partial charge in [-0.1, -0.05) is 6.07 Å². The number of methoxy groups -OCH3 is 1. The first-order chi connectivity index (χ1) is 24.2. The molecular formula is C35H35N9O6. The molecule has 15 nitrogen and oxygen atoms in total. The van der Waals surface area contributed by atoms with Crippen molar-refractivity contribution in [3.8, 4) is 5.75 Å². The van der Waals surface area contributed by atoms with E-state index in [1.54, 1.807) is 48.9 Å². The summed E-state index contributed by atoms with van der Waals surface area (Å²) in [5.74, 6) is -2.01. The number of anilines is 2. The number of hydrogen-bond acceptors (Lipinski definition) is 11. The Labute approximate surface area is 286 Å². The summed E-state index contributed by atoms with van der Waals surface area (Å²) in [7, 11) is 1.51. The monoisotopic (exact) mass is 677 g/mol. The van der Waals surface area contributed by atoms with Gasteiger partial charge in [-0.05, 0) is 55.5 Å². The zero-order chi connectivity index (χ0) is 34.9. The lowest BCUT2D eigenvalue weighted by Gasteiger charge is -2.30. The number of carbonyl (C=O) groups is 5. The van der Waals surface area contributed by atoms with Crippen LogP contribution in [0.25, 0.3) is 5.65 Å². The molecule has 1 atom stereocenters. The number of amides is 5. The number of likely N-dealkylation sites (tertiary alicyclic amines) is 1. The number of aromatic nitrogens is 3. The van der Waals surface area contributed by atoms with Gasteiger partial charge in [0.05, 0.1) is 36.2 Å². The van der Waals surface area contributed by atoms with E-state index in [9.17, 15) is 24.0 Å². The van der Waals surface area contributed by atoms with Crippen LogP contribution in [0.1, 0.15) is 67.9 Å². The summed E-state index contributed by atoms with van der Waals surface area (Å²) < 4.78 is 7.00. The number of nitrogens with two attached hydrogens (primary N) is 1. The van der Waals surface area contributed by atoms with Crippen LogP contribution in [0.4, 0.5) is 11.4 Å². The number of carbonyl (C=O) groups excluding carboxylic acids is 5. The van der Waals surface area contributed by atoms with Crippen molar-refractivity contribution >= 4 is 52.8 Å². The van der Waals surface area contributed by atoms with Gasteiger partial charge in [-0.15, -0.1) is 0 Å². The van der Waals surface area contributed by atoms with Crippen LogP contribution in [0, 0.1) is 0 Å². The molecular weight excluding hydrogens is 642 g/mol. The number of rotatable bonds is 9. The summed E-state index contributed by atoms with van der Waals surface area (Å²) in [6, 6.07) is 9.47. The van der Waals surface area contributed by atoms with Crippen molar-refractivity contribution in [2.75, 3.05) is 37.8 Å². The van der Waals surface area contributed by atoms with Gasteiger partial charge in [0.2, 0.25) is 11.8 Å². The molecule has 5 amide bonds. The fraction of sp³-hybridized carbons (Fsp3) is 0.314. The second-order valence-corrected chi connectivity index (χ2v) is 12.5. The standard InChI is InChI=1S/C35H35N9O6/c1-50-29-17-26(36)21(16-27(29)40-32(46)25-19-39-43-11-2-10-37-31(25)43)18-38-22-8-13-42(14-9-22)12-7-20-3-4-23-24(15-20)35(49)44(34(23)48)28-5-6-30(45)41-33(28)47/h2-4,10-11,15-19,22,28H,5-9,12-14,36H2,1H3,(H,40,46)(H,41,45,47). The number of hydrogen-bond donors (Lipinski definition) is 3. The van der Waals surface area contributed by atoms with Gasteiger partial charge in [0, 0.05) is 62.0 Å². The summed E-state index contributed by atoms with van der Waals surface area (Å²) >= 11 is 0. The van der Waals surface area contributed by atoms with Crippen molar-refractivity contribution in [2.45, 2.75) is 44.2 Å². The zero-order valence-corrected chi connectivity index (χ0v) is 27.3. The van der Waals surface area contributed by atoms with Crippen LogP contribution in [0.5, 0.6) is 5.75 Å². The lowest BCUT2D eigenvalue weighted by atomic mass is 10.0. The van der Waals surface area contributed by atoms with Crippen LogP contribution < -0.4 is 21.1 Å². The first kappa shape index (κ1) is 32.6. The molecule has 0 bridgehead atoms. The van der Waals surface area contributed by atoms with E-state index < -0.39 is 29.7 Å². The van der Waals surface area contributed by atoms with Crippen molar-refractivity contribution in [3.63, 3.8) is 0 Å². The molecule has 4 aromatic rings. The minimum absolute atomic E-state index is 0.0804. The van der Waals surface area contributed by atoms with Crippen LogP contribution in [0.2, 0.25) is 0 Å². The molecule has 256 valence electrons. The van der Waals surface area contributed by atoms with Crippen molar-refractivity contribution in [3.05, 3.63) is 82.8 Å². The van der Waals surface area contributed by atoms with Gasteiger partial charge in [0.15, 0.2) is 5.65 Å². The number of benzene rings is 2. The Morgan fingerprint density at radius 3 is 2.68 bits per heavy atom. The van der Waals surface area contributed by atoms with Crippen LogP contribution in [-0.4, -0.2) is 99.0 Å². The Bertz CT molecular complexity index is 2070. The fourth-order valence-corrected chi connectivity index (χ4v) is 6.61. The Morgan fingerprint density at radius 2 is 1.90 bits per heavy atom. The van der Waals surface area contributed by atoms with Gasteiger partial charge < -0.3 is 20.7 Å². The molecule has 0 saturated carbocycles. The minimum Gasteiger partial charge on any atom is -0.494 e. The number of piperidine rings is 2. The number of imide groups is 2. The predicted octanol–water partition coefficient (Wildman–Crippen LogP) is 2.10. The van der Waals surface area contributed by atoms with Gasteiger partial charge >= 0.3 is 0 Å². The predicted molar refractivity (Wildman–Crippen MR) is 182 cm³/mol. The van der Waals surface area contributed by atoms with Gasteiger partial charge in [0.25, 0.3) is 17.7 Å². The van der Waals surface area contributed by atoms with Crippen LogP contribution in [0.15, 0.2) is 60.0 Å². The summed E-state index contributed by atoms with van der Waals surface area (Å²) in [5, 5.41) is 9.29. The molecule has 3 aliphatic rings. The maximum atomic E-state index is 13.2. The van der Waals surface area contributed by atoms with E-state index in [1.807, 2.05) is 6.07 Å². The average Bonchev–Trinajstić information content (AvgIpc) is 3.66. The highest BCUT2D eigenvalue weighted by Crippen LogP contribution is 2.31. The Balaban J connectivity index is 0.940. The largest absolute Gasteiger partial charge is 0.494 e. The molecule has 4 N–H and O–H groups in total. The van der Waals surface area contributed by atoms with E-state index in [-0.39, 0.29) is 30.4 Å². The third-order valence-electron chi connectivity index (χ3n) is 9.38. The molecule has 2 fully saturated rings. The maximum Gasteiger partial charge on any atom is 0.262 e. The Morgan fingerprint density at radius 1 is 1.10 bits per heavy atom. The number of nitrogens with zero attached hydrogens (tertiary/aromatic N) is 6. The Kier molecular flexibility index (Phi) is 8.80. The topological polar surface area (TPSA) is 194 Å². The molecule has 2 aromatic heterocycles. The van der Waals surface area contributed by atoms with E-state index in [2.05, 4.69) is 25.6 Å². The number of nitrogens with one attached hydrogen (secondary N) is 2.